The van der Waals surface area contributed by atoms with E-state index in [2.05, 4.69) is 29.7 Å². The first-order valence-corrected chi connectivity index (χ1v) is 10.8. The van der Waals surface area contributed by atoms with Gasteiger partial charge in [0.25, 0.3) is 11.8 Å². The van der Waals surface area contributed by atoms with E-state index in [0.717, 1.165) is 30.4 Å². The summed E-state index contributed by atoms with van der Waals surface area (Å²) in [7, 11) is 0. The summed E-state index contributed by atoms with van der Waals surface area (Å²) in [5.41, 5.74) is 3.65. The summed E-state index contributed by atoms with van der Waals surface area (Å²) in [4.78, 5) is 37.5. The van der Waals surface area contributed by atoms with Crippen molar-refractivity contribution in [1.82, 2.24) is 10.6 Å². The van der Waals surface area contributed by atoms with Crippen LogP contribution in [0.4, 0.5) is 0 Å². The van der Waals surface area contributed by atoms with Gasteiger partial charge in [-0.25, -0.2) is 0 Å². The van der Waals surface area contributed by atoms with Crippen LogP contribution >= 0.6 is 0 Å². The van der Waals surface area contributed by atoms with Crippen molar-refractivity contribution >= 4 is 17.6 Å². The first-order chi connectivity index (χ1) is 14.5. The lowest BCUT2D eigenvalue weighted by Crippen LogP contribution is -2.47. The molecular formula is C25H32N2O3. The standard InChI is InChI=1S/C25H32N2O3/c1-4-7-10-18-13-15-19(16-14-18)17-26-25(30)23(28)22(6-3)27-24(29)21-12-9-8-11-20(21)5-2/h8-9,11-16,22H,4-7,10,17H2,1-3H3,(H,26,30)(H,27,29). The smallest absolute Gasteiger partial charge is 0.289 e. The van der Waals surface area contributed by atoms with Crippen molar-refractivity contribution in [2.45, 2.75) is 65.5 Å². The van der Waals surface area contributed by atoms with Crippen LogP contribution < -0.4 is 10.6 Å². The summed E-state index contributed by atoms with van der Waals surface area (Å²) in [6, 6.07) is 14.5. The molecule has 2 amide bonds. The average Bonchev–Trinajstić information content (AvgIpc) is 2.79. The van der Waals surface area contributed by atoms with Gasteiger partial charge < -0.3 is 10.6 Å². The number of aryl methyl sites for hydroxylation is 2. The molecule has 2 N–H and O–H groups in total. The summed E-state index contributed by atoms with van der Waals surface area (Å²) in [5.74, 6) is -1.64. The SMILES string of the molecule is CCCCc1ccc(CNC(=O)C(=O)C(CC)NC(=O)c2ccccc2CC)cc1. The Morgan fingerprint density at radius 2 is 1.57 bits per heavy atom. The molecule has 0 saturated heterocycles. The van der Waals surface area contributed by atoms with Gasteiger partial charge in [-0.15, -0.1) is 0 Å². The molecule has 5 nitrogen and oxygen atoms in total. The van der Waals surface area contributed by atoms with E-state index < -0.39 is 17.7 Å². The highest BCUT2D eigenvalue weighted by Gasteiger charge is 2.26. The fraction of sp³-hybridized carbons (Fsp3) is 0.400. The normalized spacial score (nSPS) is 11.6. The molecule has 2 rings (SSSR count). The molecule has 0 bridgehead atoms. The van der Waals surface area contributed by atoms with E-state index in [9.17, 15) is 14.4 Å². The van der Waals surface area contributed by atoms with Crippen molar-refractivity contribution < 1.29 is 14.4 Å². The van der Waals surface area contributed by atoms with Crippen molar-refractivity contribution in [3.8, 4) is 0 Å². The Kier molecular flexibility index (Phi) is 9.26. The lowest BCUT2D eigenvalue weighted by Gasteiger charge is -2.17. The van der Waals surface area contributed by atoms with Crippen molar-refractivity contribution in [1.29, 1.82) is 0 Å². The monoisotopic (exact) mass is 408 g/mol. The number of carbonyl (C=O) groups excluding carboxylic acids is 3. The highest BCUT2D eigenvalue weighted by atomic mass is 16.2. The molecule has 2 aromatic rings. The van der Waals surface area contributed by atoms with Crippen LogP contribution in [0.3, 0.4) is 0 Å². The lowest BCUT2D eigenvalue weighted by molar-refractivity contribution is -0.139. The summed E-state index contributed by atoms with van der Waals surface area (Å²) >= 11 is 0. The predicted octanol–water partition coefficient (Wildman–Crippen LogP) is 3.99. The minimum atomic E-state index is -0.848. The molecule has 5 heteroatoms. The van der Waals surface area contributed by atoms with E-state index in [1.54, 1.807) is 19.1 Å². The van der Waals surface area contributed by atoms with Crippen molar-refractivity contribution in [3.63, 3.8) is 0 Å². The van der Waals surface area contributed by atoms with Gasteiger partial charge in [-0.05, 0) is 48.4 Å². The topological polar surface area (TPSA) is 75.3 Å². The molecule has 2 aromatic carbocycles. The first-order valence-electron chi connectivity index (χ1n) is 10.8. The van der Waals surface area contributed by atoms with Crippen LogP contribution in [0.1, 0.15) is 67.1 Å². The molecule has 0 aromatic heterocycles. The molecule has 0 saturated carbocycles. The number of amides is 2. The van der Waals surface area contributed by atoms with E-state index in [1.807, 2.05) is 31.2 Å². The van der Waals surface area contributed by atoms with Crippen LogP contribution in [-0.4, -0.2) is 23.6 Å². The highest BCUT2D eigenvalue weighted by molar-refractivity contribution is 6.38. The van der Waals surface area contributed by atoms with E-state index in [1.165, 1.54) is 5.56 Å². The summed E-state index contributed by atoms with van der Waals surface area (Å²) in [5, 5.41) is 5.39. The maximum absolute atomic E-state index is 12.6. The van der Waals surface area contributed by atoms with Gasteiger partial charge in [-0.1, -0.05) is 69.7 Å². The molecule has 160 valence electrons. The highest BCUT2D eigenvalue weighted by Crippen LogP contribution is 2.11. The van der Waals surface area contributed by atoms with Crippen LogP contribution in [0.2, 0.25) is 0 Å². The minimum absolute atomic E-state index is 0.279. The minimum Gasteiger partial charge on any atom is -0.345 e. The Balaban J connectivity index is 1.93. The molecule has 0 aliphatic carbocycles. The molecule has 0 aliphatic rings. The maximum Gasteiger partial charge on any atom is 0.289 e. The summed E-state index contributed by atoms with van der Waals surface area (Å²) in [6.45, 7) is 6.19. The molecule has 0 aliphatic heterocycles. The Morgan fingerprint density at radius 3 is 2.20 bits per heavy atom. The number of carbonyl (C=O) groups is 3. The zero-order chi connectivity index (χ0) is 21.9. The molecule has 0 spiro atoms. The van der Waals surface area contributed by atoms with Gasteiger partial charge in [0.2, 0.25) is 5.78 Å². The zero-order valence-corrected chi connectivity index (χ0v) is 18.2. The first kappa shape index (κ1) is 23.3. The van der Waals surface area contributed by atoms with Gasteiger partial charge >= 0.3 is 0 Å². The molecule has 30 heavy (non-hydrogen) atoms. The van der Waals surface area contributed by atoms with Gasteiger partial charge in [0.1, 0.15) is 0 Å². The van der Waals surface area contributed by atoms with Crippen LogP contribution in [0, 0.1) is 0 Å². The number of Topliss-reactive ketones (excluding diaryl/α,β-unsaturated/α-hetero) is 1. The number of unbranched alkanes of at least 4 members (excludes halogenated alkanes) is 1. The average molecular weight is 409 g/mol. The Morgan fingerprint density at radius 1 is 0.900 bits per heavy atom. The quantitative estimate of drug-likeness (QED) is 0.552. The number of rotatable bonds is 11. The van der Waals surface area contributed by atoms with Gasteiger partial charge in [0, 0.05) is 12.1 Å². The van der Waals surface area contributed by atoms with Crippen LogP contribution in [0.15, 0.2) is 48.5 Å². The molecular weight excluding hydrogens is 376 g/mol. The summed E-state index contributed by atoms with van der Waals surface area (Å²) in [6.07, 6.45) is 4.40. The molecule has 0 fully saturated rings. The second-order valence-corrected chi connectivity index (χ2v) is 7.41. The number of hydrogen-bond acceptors (Lipinski definition) is 3. The second kappa shape index (κ2) is 11.9. The second-order valence-electron chi connectivity index (χ2n) is 7.41. The van der Waals surface area contributed by atoms with Gasteiger partial charge in [-0.2, -0.15) is 0 Å². The zero-order valence-electron chi connectivity index (χ0n) is 18.2. The number of ketones is 1. The number of nitrogens with one attached hydrogen (secondary N) is 2. The molecule has 0 radical (unpaired) electrons. The number of benzene rings is 2. The van der Waals surface area contributed by atoms with Gasteiger partial charge in [0.15, 0.2) is 0 Å². The van der Waals surface area contributed by atoms with Crippen LogP contribution in [0.5, 0.6) is 0 Å². The van der Waals surface area contributed by atoms with Crippen molar-refractivity contribution in [2.75, 3.05) is 0 Å². The molecule has 1 unspecified atom stereocenters. The Labute approximate surface area is 179 Å². The Hall–Kier alpha value is -2.95. The largest absolute Gasteiger partial charge is 0.345 e. The van der Waals surface area contributed by atoms with Gasteiger partial charge in [-0.3, -0.25) is 14.4 Å². The van der Waals surface area contributed by atoms with Crippen LogP contribution in [0.25, 0.3) is 0 Å². The number of hydrogen-bond donors (Lipinski definition) is 2. The maximum atomic E-state index is 12.6. The van der Waals surface area contributed by atoms with E-state index in [-0.39, 0.29) is 12.5 Å². The summed E-state index contributed by atoms with van der Waals surface area (Å²) < 4.78 is 0. The van der Waals surface area contributed by atoms with E-state index in [0.29, 0.717) is 18.4 Å². The predicted molar refractivity (Wildman–Crippen MR) is 119 cm³/mol. The van der Waals surface area contributed by atoms with E-state index in [4.69, 9.17) is 0 Å². The molecule has 1 atom stereocenters. The fourth-order valence-corrected chi connectivity index (χ4v) is 3.27. The third-order valence-electron chi connectivity index (χ3n) is 5.19. The Bertz CT molecular complexity index is 859. The van der Waals surface area contributed by atoms with E-state index >= 15 is 0 Å². The van der Waals surface area contributed by atoms with Gasteiger partial charge in [0.05, 0.1) is 6.04 Å². The van der Waals surface area contributed by atoms with Crippen molar-refractivity contribution in [2.24, 2.45) is 0 Å². The van der Waals surface area contributed by atoms with Crippen molar-refractivity contribution in [3.05, 3.63) is 70.8 Å². The fourth-order valence-electron chi connectivity index (χ4n) is 3.27. The molecule has 0 heterocycles. The lowest BCUT2D eigenvalue weighted by atomic mass is 10.0. The third-order valence-corrected chi connectivity index (χ3v) is 5.19. The van der Waals surface area contributed by atoms with Crippen LogP contribution in [-0.2, 0) is 29.0 Å². The third kappa shape index (κ3) is 6.55.